The molecule has 4 rings (SSSR count). The summed E-state index contributed by atoms with van der Waals surface area (Å²) in [7, 11) is -3.72. The van der Waals surface area contributed by atoms with Gasteiger partial charge in [0.2, 0.25) is 10.0 Å². The first kappa shape index (κ1) is 15.0. The molecule has 0 spiro atoms. The van der Waals surface area contributed by atoms with Crippen LogP contribution in [0, 0.1) is 0 Å². The van der Waals surface area contributed by atoms with Crippen LogP contribution in [0.4, 0.5) is 0 Å². The van der Waals surface area contributed by atoms with Crippen LogP contribution in [-0.2, 0) is 10.0 Å². The van der Waals surface area contributed by atoms with E-state index in [4.69, 9.17) is 5.14 Å². The number of thiazole rings is 1. The van der Waals surface area contributed by atoms with Crippen LogP contribution < -0.4 is 5.14 Å². The van der Waals surface area contributed by atoms with Crippen LogP contribution in [0.2, 0.25) is 0 Å². The Morgan fingerprint density at radius 2 is 1.88 bits per heavy atom. The van der Waals surface area contributed by atoms with Crippen molar-refractivity contribution >= 4 is 26.9 Å². The second kappa shape index (κ2) is 5.52. The monoisotopic (exact) mass is 356 g/mol. The highest BCUT2D eigenvalue weighted by Crippen LogP contribution is 2.36. The largest absolute Gasteiger partial charge is 0.243 e. The molecule has 24 heavy (non-hydrogen) atoms. The van der Waals surface area contributed by atoms with Crippen LogP contribution in [-0.4, -0.2) is 23.0 Å². The summed E-state index contributed by atoms with van der Waals surface area (Å²) in [6.07, 6.45) is 3.60. The molecule has 0 radical (unpaired) electrons. The molecule has 120 valence electrons. The van der Waals surface area contributed by atoms with E-state index in [0.29, 0.717) is 0 Å². The van der Waals surface area contributed by atoms with Crippen molar-refractivity contribution in [1.29, 1.82) is 0 Å². The third-order valence-corrected chi connectivity index (χ3v) is 5.36. The van der Waals surface area contributed by atoms with Gasteiger partial charge in [-0.3, -0.25) is 0 Å². The first-order chi connectivity index (χ1) is 11.5. The first-order valence-corrected chi connectivity index (χ1v) is 9.47. The van der Waals surface area contributed by atoms with E-state index in [2.05, 4.69) is 10.1 Å². The van der Waals surface area contributed by atoms with Gasteiger partial charge in [0.1, 0.15) is 10.7 Å². The predicted molar refractivity (Wildman–Crippen MR) is 93.1 cm³/mol. The number of pyridine rings is 1. The van der Waals surface area contributed by atoms with Gasteiger partial charge < -0.3 is 0 Å². The van der Waals surface area contributed by atoms with Gasteiger partial charge in [0.25, 0.3) is 0 Å². The van der Waals surface area contributed by atoms with Crippen LogP contribution in [0.1, 0.15) is 0 Å². The molecule has 3 aromatic heterocycles. The molecule has 0 aliphatic heterocycles. The van der Waals surface area contributed by atoms with Gasteiger partial charge in [-0.2, -0.15) is 5.10 Å². The average molecular weight is 356 g/mol. The van der Waals surface area contributed by atoms with E-state index < -0.39 is 10.0 Å². The van der Waals surface area contributed by atoms with Crippen molar-refractivity contribution in [1.82, 2.24) is 14.6 Å². The molecule has 6 nitrogen and oxygen atoms in total. The van der Waals surface area contributed by atoms with Crippen molar-refractivity contribution in [3.8, 4) is 21.8 Å². The number of primary sulfonamides is 1. The van der Waals surface area contributed by atoms with Gasteiger partial charge in [0.05, 0.1) is 10.4 Å². The number of nitrogens with two attached hydrogens (primary N) is 1. The molecule has 8 heteroatoms. The van der Waals surface area contributed by atoms with Crippen molar-refractivity contribution in [2.75, 3.05) is 0 Å². The fourth-order valence-electron chi connectivity index (χ4n) is 2.58. The number of hydrogen-bond donors (Lipinski definition) is 1. The summed E-state index contributed by atoms with van der Waals surface area (Å²) >= 11 is 1.50. The Bertz CT molecular complexity index is 1110. The number of fused-ring (bicyclic) bond motifs is 1. The van der Waals surface area contributed by atoms with E-state index in [1.54, 1.807) is 22.8 Å². The van der Waals surface area contributed by atoms with E-state index in [1.807, 2.05) is 29.8 Å². The summed E-state index contributed by atoms with van der Waals surface area (Å²) in [6, 6.07) is 12.3. The van der Waals surface area contributed by atoms with E-state index in [0.717, 1.165) is 27.3 Å². The summed E-state index contributed by atoms with van der Waals surface area (Å²) in [5, 5.41) is 12.5. The second-order valence-corrected chi connectivity index (χ2v) is 7.62. The number of rotatable bonds is 3. The predicted octanol–water partition coefficient (Wildman–Crippen LogP) is 2.77. The molecule has 2 N–H and O–H groups in total. The minimum atomic E-state index is -3.72. The fourth-order valence-corrected chi connectivity index (χ4v) is 3.73. The lowest BCUT2D eigenvalue weighted by Crippen LogP contribution is -2.11. The SMILES string of the molecule is NS(=O)(=O)c1ccc(-c2c(-c3nccs3)nn3ccccc23)cc1. The van der Waals surface area contributed by atoms with E-state index in [9.17, 15) is 8.42 Å². The molecule has 0 fully saturated rings. The number of hydrogen-bond acceptors (Lipinski definition) is 5. The van der Waals surface area contributed by atoms with Gasteiger partial charge in [0, 0.05) is 23.3 Å². The Morgan fingerprint density at radius 1 is 1.08 bits per heavy atom. The topological polar surface area (TPSA) is 90.4 Å². The Labute approximate surface area is 142 Å². The van der Waals surface area contributed by atoms with Crippen LogP contribution >= 0.6 is 11.3 Å². The van der Waals surface area contributed by atoms with Crippen molar-refractivity contribution in [2.45, 2.75) is 4.90 Å². The van der Waals surface area contributed by atoms with Gasteiger partial charge in [0.15, 0.2) is 0 Å². The zero-order valence-corrected chi connectivity index (χ0v) is 14.0. The summed E-state index contributed by atoms with van der Waals surface area (Å²) in [6.45, 7) is 0. The third kappa shape index (κ3) is 2.50. The Hall–Kier alpha value is -2.55. The molecular formula is C16H12N4O2S2. The smallest absolute Gasteiger partial charge is 0.238 e. The molecular weight excluding hydrogens is 344 g/mol. The molecule has 0 aliphatic carbocycles. The number of benzene rings is 1. The van der Waals surface area contributed by atoms with E-state index >= 15 is 0 Å². The minimum absolute atomic E-state index is 0.0820. The van der Waals surface area contributed by atoms with Gasteiger partial charge in [-0.1, -0.05) is 18.2 Å². The molecule has 3 heterocycles. The Morgan fingerprint density at radius 3 is 2.54 bits per heavy atom. The third-order valence-electron chi connectivity index (χ3n) is 3.65. The molecule has 0 aliphatic rings. The standard InChI is InChI=1S/C16H12N4O2S2/c17-24(21,22)12-6-4-11(5-7-12)14-13-3-1-2-9-20(13)19-15(14)16-18-8-10-23-16/h1-10H,(H2,17,21,22). The van der Waals surface area contributed by atoms with Crippen LogP contribution in [0.25, 0.3) is 27.3 Å². The summed E-state index contributed by atoms with van der Waals surface area (Å²) in [5.74, 6) is 0. The molecule has 0 atom stereocenters. The highest BCUT2D eigenvalue weighted by atomic mass is 32.2. The quantitative estimate of drug-likeness (QED) is 0.611. The van der Waals surface area contributed by atoms with Gasteiger partial charge in [-0.05, 0) is 29.8 Å². The van der Waals surface area contributed by atoms with E-state index in [-0.39, 0.29) is 4.90 Å². The number of aromatic nitrogens is 3. The van der Waals surface area contributed by atoms with Crippen molar-refractivity contribution < 1.29 is 8.42 Å². The highest BCUT2D eigenvalue weighted by Gasteiger charge is 2.18. The minimum Gasteiger partial charge on any atom is -0.243 e. The van der Waals surface area contributed by atoms with Crippen LogP contribution in [0.3, 0.4) is 0 Å². The van der Waals surface area contributed by atoms with Gasteiger partial charge >= 0.3 is 0 Å². The summed E-state index contributed by atoms with van der Waals surface area (Å²) in [5.41, 5.74) is 3.45. The highest BCUT2D eigenvalue weighted by molar-refractivity contribution is 7.89. The Balaban J connectivity index is 1.97. The lowest BCUT2D eigenvalue weighted by molar-refractivity contribution is 0.598. The molecule has 4 aromatic rings. The summed E-state index contributed by atoms with van der Waals surface area (Å²) in [4.78, 5) is 4.43. The number of sulfonamides is 1. The normalized spacial score (nSPS) is 11.9. The average Bonchev–Trinajstić information content (AvgIpc) is 3.21. The molecule has 0 unspecified atom stereocenters. The molecule has 0 saturated heterocycles. The van der Waals surface area contributed by atoms with Crippen LogP contribution in [0.5, 0.6) is 0 Å². The van der Waals surface area contributed by atoms with E-state index in [1.165, 1.54) is 23.5 Å². The summed E-state index contributed by atoms with van der Waals surface area (Å²) < 4.78 is 24.7. The van der Waals surface area contributed by atoms with Gasteiger partial charge in [-0.25, -0.2) is 23.1 Å². The van der Waals surface area contributed by atoms with Crippen molar-refractivity contribution in [2.24, 2.45) is 5.14 Å². The van der Waals surface area contributed by atoms with Crippen molar-refractivity contribution in [3.63, 3.8) is 0 Å². The molecule has 0 saturated carbocycles. The zero-order valence-electron chi connectivity index (χ0n) is 12.3. The van der Waals surface area contributed by atoms with Crippen molar-refractivity contribution in [3.05, 3.63) is 60.2 Å². The lowest BCUT2D eigenvalue weighted by atomic mass is 10.0. The zero-order chi connectivity index (χ0) is 16.7. The fraction of sp³-hybridized carbons (Fsp3) is 0. The second-order valence-electron chi connectivity index (χ2n) is 5.16. The maximum atomic E-state index is 11.4. The Kier molecular flexibility index (Phi) is 3.45. The lowest BCUT2D eigenvalue weighted by Gasteiger charge is -2.04. The number of nitrogens with zero attached hydrogens (tertiary/aromatic N) is 3. The van der Waals surface area contributed by atoms with Gasteiger partial charge in [-0.15, -0.1) is 11.3 Å². The first-order valence-electron chi connectivity index (χ1n) is 7.04. The maximum Gasteiger partial charge on any atom is 0.238 e. The maximum absolute atomic E-state index is 11.4. The molecule has 0 bridgehead atoms. The molecule has 0 amide bonds. The van der Waals surface area contributed by atoms with Crippen LogP contribution in [0.15, 0.2) is 65.1 Å². The molecule has 1 aromatic carbocycles.